The first-order valence-electron chi connectivity index (χ1n) is 5.99. The van der Waals surface area contributed by atoms with E-state index in [2.05, 4.69) is 32.0 Å². The summed E-state index contributed by atoms with van der Waals surface area (Å²) in [6, 6.07) is 8.25. The molecule has 1 aliphatic carbocycles. The average molecular weight is 217 g/mol. The zero-order valence-electron chi connectivity index (χ0n) is 9.94. The van der Waals surface area contributed by atoms with Crippen LogP contribution in [0.3, 0.4) is 0 Å². The molecular formula is C14H19NO. The summed E-state index contributed by atoms with van der Waals surface area (Å²) in [4.78, 5) is 11.4. The van der Waals surface area contributed by atoms with Crippen molar-refractivity contribution in [1.82, 2.24) is 0 Å². The Bertz CT molecular complexity index is 397. The Balaban J connectivity index is 2.44. The van der Waals surface area contributed by atoms with Crippen LogP contribution >= 0.6 is 0 Å². The van der Waals surface area contributed by atoms with Gasteiger partial charge in [-0.3, -0.25) is 4.79 Å². The fraction of sp³-hybridized carbons (Fsp3) is 0.500. The number of carbonyl (C=O) groups is 1. The standard InChI is InChI=1S/C14H19NO/c1-9(2)10-7-8-13(14(15)16)12-6-4-3-5-11(10)12/h3-6,9-10,13H,7-8H2,1-2H3,(H2,15,16). The quantitative estimate of drug-likeness (QED) is 0.813. The summed E-state index contributed by atoms with van der Waals surface area (Å²) in [5.74, 6) is 0.933. The van der Waals surface area contributed by atoms with Crippen LogP contribution in [0.2, 0.25) is 0 Å². The van der Waals surface area contributed by atoms with Gasteiger partial charge in [-0.1, -0.05) is 38.1 Å². The first-order chi connectivity index (χ1) is 7.61. The van der Waals surface area contributed by atoms with E-state index in [1.54, 1.807) is 0 Å². The van der Waals surface area contributed by atoms with Crippen LogP contribution in [0.4, 0.5) is 0 Å². The van der Waals surface area contributed by atoms with Crippen molar-refractivity contribution in [2.45, 2.75) is 38.5 Å². The van der Waals surface area contributed by atoms with Gasteiger partial charge in [-0.2, -0.15) is 0 Å². The van der Waals surface area contributed by atoms with E-state index in [1.807, 2.05) is 6.07 Å². The molecule has 16 heavy (non-hydrogen) atoms. The summed E-state index contributed by atoms with van der Waals surface area (Å²) < 4.78 is 0. The highest BCUT2D eigenvalue weighted by Crippen LogP contribution is 2.41. The third-order valence-electron chi connectivity index (χ3n) is 3.69. The number of nitrogens with two attached hydrogens (primary N) is 1. The van der Waals surface area contributed by atoms with Gasteiger partial charge in [0.1, 0.15) is 0 Å². The molecular weight excluding hydrogens is 198 g/mol. The van der Waals surface area contributed by atoms with E-state index in [0.29, 0.717) is 11.8 Å². The van der Waals surface area contributed by atoms with Crippen molar-refractivity contribution < 1.29 is 4.79 Å². The van der Waals surface area contributed by atoms with Gasteiger partial charge >= 0.3 is 0 Å². The lowest BCUT2D eigenvalue weighted by Gasteiger charge is -2.32. The minimum Gasteiger partial charge on any atom is -0.369 e. The van der Waals surface area contributed by atoms with Crippen molar-refractivity contribution in [2.75, 3.05) is 0 Å². The van der Waals surface area contributed by atoms with Crippen molar-refractivity contribution >= 4 is 5.91 Å². The summed E-state index contributed by atoms with van der Waals surface area (Å²) in [7, 11) is 0. The molecule has 1 aromatic rings. The predicted molar refractivity (Wildman–Crippen MR) is 65.2 cm³/mol. The van der Waals surface area contributed by atoms with E-state index in [9.17, 15) is 4.79 Å². The summed E-state index contributed by atoms with van der Waals surface area (Å²) in [5, 5.41) is 0. The van der Waals surface area contributed by atoms with E-state index in [1.165, 1.54) is 5.56 Å². The minimum atomic E-state index is -0.186. The molecule has 2 unspecified atom stereocenters. The molecule has 0 radical (unpaired) electrons. The Kier molecular flexibility index (Phi) is 2.99. The highest BCUT2D eigenvalue weighted by atomic mass is 16.1. The van der Waals surface area contributed by atoms with E-state index in [4.69, 9.17) is 5.73 Å². The molecule has 0 saturated heterocycles. The maximum atomic E-state index is 11.4. The Morgan fingerprint density at radius 2 is 1.88 bits per heavy atom. The van der Waals surface area contributed by atoms with Crippen molar-refractivity contribution in [3.8, 4) is 0 Å². The monoisotopic (exact) mass is 217 g/mol. The molecule has 0 spiro atoms. The second-order valence-electron chi connectivity index (χ2n) is 5.01. The molecule has 1 aromatic carbocycles. The van der Waals surface area contributed by atoms with Crippen LogP contribution < -0.4 is 5.73 Å². The van der Waals surface area contributed by atoms with E-state index >= 15 is 0 Å². The zero-order valence-corrected chi connectivity index (χ0v) is 9.94. The minimum absolute atomic E-state index is 0.0776. The van der Waals surface area contributed by atoms with Crippen LogP contribution in [0, 0.1) is 5.92 Å². The molecule has 2 atom stereocenters. The number of benzene rings is 1. The van der Waals surface area contributed by atoms with Gasteiger partial charge < -0.3 is 5.73 Å². The van der Waals surface area contributed by atoms with Crippen LogP contribution in [0.5, 0.6) is 0 Å². The topological polar surface area (TPSA) is 43.1 Å². The van der Waals surface area contributed by atoms with Crippen molar-refractivity contribution in [3.63, 3.8) is 0 Å². The number of rotatable bonds is 2. The van der Waals surface area contributed by atoms with Gasteiger partial charge in [0.05, 0.1) is 5.92 Å². The predicted octanol–water partition coefficient (Wildman–Crippen LogP) is 2.79. The Morgan fingerprint density at radius 1 is 1.25 bits per heavy atom. The van der Waals surface area contributed by atoms with E-state index in [-0.39, 0.29) is 11.8 Å². The fourth-order valence-electron chi connectivity index (χ4n) is 2.81. The van der Waals surface area contributed by atoms with Crippen LogP contribution in [0.25, 0.3) is 0 Å². The molecule has 0 fully saturated rings. The second-order valence-corrected chi connectivity index (χ2v) is 5.01. The van der Waals surface area contributed by atoms with Gasteiger partial charge in [0, 0.05) is 0 Å². The van der Waals surface area contributed by atoms with Gasteiger partial charge in [0.2, 0.25) is 5.91 Å². The Morgan fingerprint density at radius 3 is 2.44 bits per heavy atom. The van der Waals surface area contributed by atoms with Crippen LogP contribution in [-0.4, -0.2) is 5.91 Å². The van der Waals surface area contributed by atoms with Gasteiger partial charge in [0.15, 0.2) is 0 Å². The molecule has 0 heterocycles. The highest BCUT2D eigenvalue weighted by Gasteiger charge is 2.31. The number of amides is 1. The van der Waals surface area contributed by atoms with Crippen LogP contribution in [0.1, 0.15) is 49.7 Å². The van der Waals surface area contributed by atoms with Crippen LogP contribution in [0.15, 0.2) is 24.3 Å². The van der Waals surface area contributed by atoms with Crippen molar-refractivity contribution in [2.24, 2.45) is 11.7 Å². The number of primary amides is 1. The van der Waals surface area contributed by atoms with Crippen molar-refractivity contribution in [1.29, 1.82) is 0 Å². The maximum absolute atomic E-state index is 11.4. The molecule has 1 amide bonds. The van der Waals surface area contributed by atoms with E-state index < -0.39 is 0 Å². The van der Waals surface area contributed by atoms with Gasteiger partial charge in [0.25, 0.3) is 0 Å². The molecule has 0 aliphatic heterocycles. The lowest BCUT2D eigenvalue weighted by Crippen LogP contribution is -2.27. The average Bonchev–Trinajstić information content (AvgIpc) is 2.27. The summed E-state index contributed by atoms with van der Waals surface area (Å²) in [6.07, 6.45) is 1.97. The van der Waals surface area contributed by atoms with Gasteiger partial charge in [-0.15, -0.1) is 0 Å². The number of hydrogen-bond acceptors (Lipinski definition) is 1. The molecule has 0 bridgehead atoms. The Hall–Kier alpha value is -1.31. The lowest BCUT2D eigenvalue weighted by atomic mass is 9.72. The van der Waals surface area contributed by atoms with Crippen molar-refractivity contribution in [3.05, 3.63) is 35.4 Å². The highest BCUT2D eigenvalue weighted by molar-refractivity contribution is 5.82. The maximum Gasteiger partial charge on any atom is 0.224 e. The fourth-order valence-corrected chi connectivity index (χ4v) is 2.81. The largest absolute Gasteiger partial charge is 0.369 e. The smallest absolute Gasteiger partial charge is 0.224 e. The normalized spacial score (nSPS) is 24.2. The lowest BCUT2D eigenvalue weighted by molar-refractivity contribution is -0.119. The van der Waals surface area contributed by atoms with Gasteiger partial charge in [-0.25, -0.2) is 0 Å². The first kappa shape index (κ1) is 11.2. The molecule has 2 nitrogen and oxygen atoms in total. The molecule has 0 aromatic heterocycles. The SMILES string of the molecule is CC(C)C1CCC(C(N)=O)c2ccccc21. The third-order valence-corrected chi connectivity index (χ3v) is 3.69. The second kappa shape index (κ2) is 4.28. The number of fused-ring (bicyclic) bond motifs is 1. The number of carbonyl (C=O) groups excluding carboxylic acids is 1. The first-order valence-corrected chi connectivity index (χ1v) is 5.99. The van der Waals surface area contributed by atoms with E-state index in [0.717, 1.165) is 18.4 Å². The van der Waals surface area contributed by atoms with Crippen LogP contribution in [-0.2, 0) is 4.79 Å². The summed E-state index contributed by atoms with van der Waals surface area (Å²) >= 11 is 0. The number of hydrogen-bond donors (Lipinski definition) is 1. The molecule has 1 aliphatic rings. The molecule has 86 valence electrons. The summed E-state index contributed by atoms with van der Waals surface area (Å²) in [6.45, 7) is 4.48. The zero-order chi connectivity index (χ0) is 11.7. The molecule has 2 heteroatoms. The third kappa shape index (κ3) is 1.84. The molecule has 2 N–H and O–H groups in total. The van der Waals surface area contributed by atoms with Gasteiger partial charge in [-0.05, 0) is 35.8 Å². The summed E-state index contributed by atoms with van der Waals surface area (Å²) in [5.41, 5.74) is 7.94. The molecule has 2 rings (SSSR count). The molecule has 0 saturated carbocycles. The Labute approximate surface area is 96.8 Å².